The van der Waals surface area contributed by atoms with Crippen LogP contribution in [0, 0.1) is 10.1 Å². The second-order valence-corrected chi connectivity index (χ2v) is 5.79. The number of carbonyl (C=O) groups excluding carboxylic acids is 1. The first kappa shape index (κ1) is 13.7. The predicted molar refractivity (Wildman–Crippen MR) is 87.0 cm³/mol. The monoisotopic (exact) mass is 306 g/mol. The molecule has 23 heavy (non-hydrogen) atoms. The molecule has 0 aromatic heterocycles. The number of hydrogen-bond acceptors (Lipinski definition) is 3. The van der Waals surface area contributed by atoms with Crippen molar-refractivity contribution in [1.82, 2.24) is 0 Å². The van der Waals surface area contributed by atoms with Crippen LogP contribution in [0.5, 0.6) is 0 Å². The minimum Gasteiger partial charge on any atom is -0.301 e. The molecule has 2 aliphatic rings. The van der Waals surface area contributed by atoms with E-state index in [0.29, 0.717) is 12.1 Å². The van der Waals surface area contributed by atoms with Gasteiger partial charge in [0.15, 0.2) is 0 Å². The minimum atomic E-state index is -0.433. The van der Waals surface area contributed by atoms with Crippen molar-refractivity contribution >= 4 is 23.4 Å². The van der Waals surface area contributed by atoms with Crippen LogP contribution >= 0.6 is 0 Å². The van der Waals surface area contributed by atoms with Gasteiger partial charge >= 0.3 is 0 Å². The Morgan fingerprint density at radius 2 is 1.91 bits per heavy atom. The Bertz CT molecular complexity index is 857. The molecule has 1 amide bonds. The SMILES string of the molecule is O=C1CCC2=Cc3ccccc3C2N1c1cccc([N+](=O)[O-])c1. The van der Waals surface area contributed by atoms with Gasteiger partial charge in [0, 0.05) is 18.6 Å². The molecular weight excluding hydrogens is 292 g/mol. The van der Waals surface area contributed by atoms with Gasteiger partial charge in [0.1, 0.15) is 0 Å². The maximum Gasteiger partial charge on any atom is 0.271 e. The topological polar surface area (TPSA) is 63.5 Å². The number of nitrogens with zero attached hydrogens (tertiary/aromatic N) is 2. The van der Waals surface area contributed by atoms with E-state index in [0.717, 1.165) is 17.5 Å². The Balaban J connectivity index is 1.84. The summed E-state index contributed by atoms with van der Waals surface area (Å²) in [7, 11) is 0. The van der Waals surface area contributed by atoms with Crippen molar-refractivity contribution in [2.75, 3.05) is 4.90 Å². The lowest BCUT2D eigenvalue weighted by molar-refractivity contribution is -0.384. The molecule has 0 spiro atoms. The van der Waals surface area contributed by atoms with Gasteiger partial charge in [0.05, 0.1) is 16.7 Å². The summed E-state index contributed by atoms with van der Waals surface area (Å²) >= 11 is 0. The molecule has 1 saturated heterocycles. The smallest absolute Gasteiger partial charge is 0.271 e. The third-order valence-corrected chi connectivity index (χ3v) is 4.46. The third kappa shape index (κ3) is 2.12. The van der Waals surface area contributed by atoms with Crippen LogP contribution in [0.15, 0.2) is 54.1 Å². The molecule has 1 atom stereocenters. The molecule has 1 aliphatic carbocycles. The summed E-state index contributed by atoms with van der Waals surface area (Å²) in [6.45, 7) is 0. The maximum atomic E-state index is 12.6. The summed E-state index contributed by atoms with van der Waals surface area (Å²) in [5, 5.41) is 11.0. The number of anilines is 1. The Labute approximate surface area is 133 Å². The van der Waals surface area contributed by atoms with Crippen molar-refractivity contribution in [2.24, 2.45) is 0 Å². The Morgan fingerprint density at radius 3 is 2.74 bits per heavy atom. The number of nitro benzene ring substituents is 1. The van der Waals surface area contributed by atoms with Crippen molar-refractivity contribution in [2.45, 2.75) is 18.9 Å². The first-order valence-corrected chi connectivity index (χ1v) is 7.51. The van der Waals surface area contributed by atoms with E-state index in [1.807, 2.05) is 24.3 Å². The highest BCUT2D eigenvalue weighted by molar-refractivity contribution is 5.98. The molecular formula is C18H14N2O3. The number of carbonyl (C=O) groups is 1. The molecule has 4 rings (SSSR count). The van der Waals surface area contributed by atoms with Crippen molar-refractivity contribution in [3.8, 4) is 0 Å². The van der Waals surface area contributed by atoms with Gasteiger partial charge in [-0.25, -0.2) is 0 Å². The van der Waals surface area contributed by atoms with Gasteiger partial charge in [-0.05, 0) is 29.2 Å². The largest absolute Gasteiger partial charge is 0.301 e. The van der Waals surface area contributed by atoms with E-state index in [1.165, 1.54) is 17.7 Å². The molecule has 2 aromatic carbocycles. The van der Waals surface area contributed by atoms with Crippen molar-refractivity contribution in [1.29, 1.82) is 0 Å². The summed E-state index contributed by atoms with van der Waals surface area (Å²) in [5.74, 6) is 0.00403. The fraction of sp³-hybridized carbons (Fsp3) is 0.167. The molecule has 0 bridgehead atoms. The zero-order valence-electron chi connectivity index (χ0n) is 12.3. The Kier molecular flexibility index (Phi) is 3.01. The van der Waals surface area contributed by atoms with Gasteiger partial charge in [0.25, 0.3) is 5.69 Å². The fourth-order valence-corrected chi connectivity index (χ4v) is 3.45. The lowest BCUT2D eigenvalue weighted by atomic mass is 9.93. The van der Waals surface area contributed by atoms with E-state index in [-0.39, 0.29) is 17.6 Å². The summed E-state index contributed by atoms with van der Waals surface area (Å²) in [5.41, 5.74) is 3.98. The Hall–Kier alpha value is -2.95. The molecule has 2 aromatic rings. The van der Waals surface area contributed by atoms with Gasteiger partial charge in [-0.1, -0.05) is 36.4 Å². The summed E-state index contributed by atoms with van der Waals surface area (Å²) in [6, 6.07) is 14.2. The molecule has 5 heteroatoms. The van der Waals surface area contributed by atoms with Crippen molar-refractivity contribution < 1.29 is 9.72 Å². The molecule has 1 heterocycles. The molecule has 1 unspecified atom stereocenters. The zero-order chi connectivity index (χ0) is 16.0. The molecule has 0 radical (unpaired) electrons. The molecule has 0 N–H and O–H groups in total. The second kappa shape index (κ2) is 5.05. The highest BCUT2D eigenvalue weighted by Crippen LogP contribution is 2.46. The van der Waals surface area contributed by atoms with E-state index >= 15 is 0 Å². The fourth-order valence-electron chi connectivity index (χ4n) is 3.45. The van der Waals surface area contributed by atoms with Gasteiger partial charge in [-0.2, -0.15) is 0 Å². The standard InChI is InChI=1S/C18H14N2O3/c21-17-9-8-13-10-12-4-1-2-7-16(12)18(13)19(17)14-5-3-6-15(11-14)20(22)23/h1-7,10-11,18H,8-9H2. The molecule has 114 valence electrons. The average molecular weight is 306 g/mol. The lowest BCUT2D eigenvalue weighted by Gasteiger charge is -2.35. The summed E-state index contributed by atoms with van der Waals surface area (Å²) in [6.07, 6.45) is 3.30. The molecule has 0 saturated carbocycles. The van der Waals surface area contributed by atoms with Gasteiger partial charge < -0.3 is 4.90 Å². The average Bonchev–Trinajstić information content (AvgIpc) is 2.93. The molecule has 1 fully saturated rings. The number of amides is 1. The third-order valence-electron chi connectivity index (χ3n) is 4.46. The zero-order valence-corrected chi connectivity index (χ0v) is 12.3. The first-order chi connectivity index (χ1) is 11.1. The van der Waals surface area contributed by atoms with E-state index in [9.17, 15) is 14.9 Å². The first-order valence-electron chi connectivity index (χ1n) is 7.51. The normalized spacial score (nSPS) is 19.1. The van der Waals surface area contributed by atoms with Crippen LogP contribution < -0.4 is 4.90 Å². The number of nitro groups is 1. The van der Waals surface area contributed by atoms with Crippen LogP contribution in [0.3, 0.4) is 0 Å². The Morgan fingerprint density at radius 1 is 1.09 bits per heavy atom. The van der Waals surface area contributed by atoms with Gasteiger partial charge in [-0.15, -0.1) is 0 Å². The number of benzene rings is 2. The van der Waals surface area contributed by atoms with Crippen molar-refractivity contribution in [3.63, 3.8) is 0 Å². The van der Waals surface area contributed by atoms with Crippen LogP contribution in [-0.2, 0) is 4.79 Å². The van der Waals surface area contributed by atoms with Crippen LogP contribution in [0.25, 0.3) is 6.08 Å². The second-order valence-electron chi connectivity index (χ2n) is 5.79. The van der Waals surface area contributed by atoms with Crippen LogP contribution in [-0.4, -0.2) is 10.8 Å². The summed E-state index contributed by atoms with van der Waals surface area (Å²) < 4.78 is 0. The van der Waals surface area contributed by atoms with Crippen LogP contribution in [0.4, 0.5) is 11.4 Å². The number of piperidine rings is 1. The van der Waals surface area contributed by atoms with Gasteiger partial charge in [0.2, 0.25) is 5.91 Å². The summed E-state index contributed by atoms with van der Waals surface area (Å²) in [4.78, 5) is 24.9. The number of rotatable bonds is 2. The minimum absolute atomic E-state index is 0.00214. The maximum absolute atomic E-state index is 12.6. The molecule has 5 nitrogen and oxygen atoms in total. The predicted octanol–water partition coefficient (Wildman–Crippen LogP) is 3.86. The highest BCUT2D eigenvalue weighted by Gasteiger charge is 2.38. The van der Waals surface area contributed by atoms with E-state index in [2.05, 4.69) is 6.08 Å². The van der Waals surface area contributed by atoms with E-state index in [1.54, 1.807) is 17.0 Å². The van der Waals surface area contributed by atoms with Gasteiger partial charge in [-0.3, -0.25) is 14.9 Å². The van der Waals surface area contributed by atoms with Crippen molar-refractivity contribution in [3.05, 3.63) is 75.3 Å². The number of non-ortho nitro benzene ring substituents is 1. The number of hydrogen-bond donors (Lipinski definition) is 0. The van der Waals surface area contributed by atoms with E-state index in [4.69, 9.17) is 0 Å². The lowest BCUT2D eigenvalue weighted by Crippen LogP contribution is -2.38. The quantitative estimate of drug-likeness (QED) is 0.625. The molecule has 1 aliphatic heterocycles. The van der Waals surface area contributed by atoms with Crippen LogP contribution in [0.1, 0.15) is 30.0 Å². The van der Waals surface area contributed by atoms with E-state index < -0.39 is 4.92 Å². The highest BCUT2D eigenvalue weighted by atomic mass is 16.6. The van der Waals surface area contributed by atoms with Crippen LogP contribution in [0.2, 0.25) is 0 Å². The number of fused-ring (bicyclic) bond motifs is 3.